The summed E-state index contributed by atoms with van der Waals surface area (Å²) in [5.74, 6) is 0. The molecule has 6 heteroatoms. The van der Waals surface area contributed by atoms with Crippen LogP contribution in [-0.2, 0) is 12.1 Å². The number of thiazole rings is 1. The number of allylic oxidation sites excluding steroid dienone is 5. The molecule has 0 spiro atoms. The van der Waals surface area contributed by atoms with Gasteiger partial charge in [-0.3, -0.25) is 0 Å². The predicted octanol–water partition coefficient (Wildman–Crippen LogP) is 7.28. The molecule has 0 radical (unpaired) electrons. The highest BCUT2D eigenvalue weighted by Crippen LogP contribution is 2.49. The first kappa shape index (κ1) is 26.6. The van der Waals surface area contributed by atoms with Gasteiger partial charge in [-0.2, -0.15) is 4.57 Å². The quantitative estimate of drug-likeness (QED) is 0.126. The van der Waals surface area contributed by atoms with Crippen LogP contribution in [0.4, 0.5) is 5.69 Å². The van der Waals surface area contributed by atoms with Crippen molar-refractivity contribution in [3.8, 4) is 10.4 Å². The van der Waals surface area contributed by atoms with E-state index < -0.39 is 0 Å². The molecule has 0 atom stereocenters. The first-order valence-corrected chi connectivity index (χ1v) is 14.9. The molecule has 4 nitrogen and oxygen atoms in total. The Morgan fingerprint density at radius 1 is 0.947 bits per heavy atom. The van der Waals surface area contributed by atoms with Gasteiger partial charge in [0.2, 0.25) is 5.52 Å². The van der Waals surface area contributed by atoms with E-state index >= 15 is 0 Å². The second-order valence-corrected chi connectivity index (χ2v) is 12.1. The van der Waals surface area contributed by atoms with Gasteiger partial charge in [-0.1, -0.05) is 67.7 Å². The minimum Gasteiger partial charge on any atom is -0.396 e. The summed E-state index contributed by atoms with van der Waals surface area (Å²) in [5, 5.41) is 22.3. The number of rotatable bonds is 10. The molecule has 38 heavy (non-hydrogen) atoms. The van der Waals surface area contributed by atoms with E-state index in [9.17, 15) is 10.2 Å². The number of fused-ring (bicyclic) bond motifs is 2. The van der Waals surface area contributed by atoms with Crippen molar-refractivity contribution in [3.63, 3.8) is 0 Å². The SMILES string of the molecule is CC1(C)\C(=C/C=C/C=C/c2sc3ccccc3[n+]2CO)N(CCCCCO)c2ccc(-c3cccs3)cc21. The van der Waals surface area contributed by atoms with Crippen molar-refractivity contribution in [2.45, 2.75) is 45.3 Å². The maximum atomic E-state index is 9.90. The minimum absolute atomic E-state index is 0.0391. The molecule has 1 aliphatic heterocycles. The summed E-state index contributed by atoms with van der Waals surface area (Å²) in [6.07, 6.45) is 13.4. The Hall–Kier alpha value is -3.03. The monoisotopic (exact) mass is 543 g/mol. The molecule has 0 fully saturated rings. The third kappa shape index (κ3) is 5.27. The van der Waals surface area contributed by atoms with Gasteiger partial charge in [-0.25, -0.2) is 0 Å². The summed E-state index contributed by atoms with van der Waals surface area (Å²) >= 11 is 3.45. The highest BCUT2D eigenvalue weighted by molar-refractivity contribution is 7.18. The van der Waals surface area contributed by atoms with Gasteiger partial charge in [0.15, 0.2) is 0 Å². The van der Waals surface area contributed by atoms with Crippen molar-refractivity contribution in [2.24, 2.45) is 0 Å². The number of aliphatic hydroxyl groups is 2. The molecular weight excluding hydrogens is 508 g/mol. The third-order valence-electron chi connectivity index (χ3n) is 7.23. The molecule has 2 aromatic heterocycles. The smallest absolute Gasteiger partial charge is 0.264 e. The lowest BCUT2D eigenvalue weighted by Gasteiger charge is -2.27. The number of aromatic nitrogens is 1. The zero-order valence-corrected chi connectivity index (χ0v) is 23.6. The summed E-state index contributed by atoms with van der Waals surface area (Å²) in [4.78, 5) is 3.76. The highest BCUT2D eigenvalue weighted by atomic mass is 32.1. The number of benzene rings is 2. The number of aliphatic hydroxyl groups excluding tert-OH is 2. The fourth-order valence-corrected chi connectivity index (χ4v) is 7.03. The van der Waals surface area contributed by atoms with Crippen molar-refractivity contribution in [3.05, 3.63) is 101 Å². The van der Waals surface area contributed by atoms with E-state index in [4.69, 9.17) is 0 Å². The molecule has 3 heterocycles. The second kappa shape index (κ2) is 11.8. The maximum Gasteiger partial charge on any atom is 0.264 e. The normalized spacial score (nSPS) is 16.0. The molecule has 0 saturated carbocycles. The van der Waals surface area contributed by atoms with Crippen molar-refractivity contribution >= 4 is 44.7 Å². The zero-order chi connectivity index (χ0) is 26.5. The lowest BCUT2D eigenvalue weighted by molar-refractivity contribution is -0.703. The van der Waals surface area contributed by atoms with E-state index in [0.29, 0.717) is 0 Å². The van der Waals surface area contributed by atoms with Crippen molar-refractivity contribution < 1.29 is 14.8 Å². The Kier molecular flexibility index (Phi) is 8.24. The maximum absolute atomic E-state index is 9.90. The Balaban J connectivity index is 1.42. The van der Waals surface area contributed by atoms with Gasteiger partial charge >= 0.3 is 0 Å². The zero-order valence-electron chi connectivity index (χ0n) is 22.0. The van der Waals surface area contributed by atoms with Gasteiger partial charge in [-0.05, 0) is 66.1 Å². The van der Waals surface area contributed by atoms with E-state index in [0.717, 1.165) is 41.0 Å². The summed E-state index contributed by atoms with van der Waals surface area (Å²) in [6.45, 7) is 5.77. The average Bonchev–Trinajstić information content (AvgIpc) is 3.63. The first-order chi connectivity index (χ1) is 18.5. The Bertz CT molecular complexity index is 1480. The van der Waals surface area contributed by atoms with Crippen LogP contribution in [0.1, 0.15) is 43.7 Å². The average molecular weight is 544 g/mol. The molecule has 2 aromatic carbocycles. The standard InChI is InChI=1S/C32H35N2O2S2/c1-32(2)25-22-24(28-14-11-21-37-28)17-18-26(25)33(19-9-4-10-20-35)30(32)15-5-3-6-16-31-34(23-36)27-12-7-8-13-29(27)38-31/h3,5-8,11-18,21-22,35-36H,4,9-10,19-20,23H2,1-2H3/q+1. The minimum atomic E-state index is -0.126. The molecular formula is C32H35N2O2S2+. The molecule has 4 aromatic rings. The van der Waals surface area contributed by atoms with Crippen LogP contribution in [0.5, 0.6) is 0 Å². The second-order valence-electron chi connectivity index (χ2n) is 10.0. The van der Waals surface area contributed by atoms with Gasteiger partial charge in [0, 0.05) is 47.0 Å². The predicted molar refractivity (Wildman–Crippen MR) is 162 cm³/mol. The number of unbranched alkanes of at least 4 members (excludes halogenated alkanes) is 2. The fourth-order valence-electron chi connectivity index (χ4n) is 5.24. The number of anilines is 1. The number of nitrogens with zero attached hydrogens (tertiary/aromatic N) is 2. The largest absolute Gasteiger partial charge is 0.396 e. The molecule has 0 saturated heterocycles. The molecule has 0 aliphatic carbocycles. The lowest BCUT2D eigenvalue weighted by Crippen LogP contribution is -2.34. The van der Waals surface area contributed by atoms with Crippen LogP contribution >= 0.6 is 22.7 Å². The fraction of sp³-hybridized carbons (Fsp3) is 0.281. The van der Waals surface area contributed by atoms with Crippen LogP contribution < -0.4 is 9.47 Å². The van der Waals surface area contributed by atoms with Crippen molar-refractivity contribution in [1.82, 2.24) is 0 Å². The number of thiophene rings is 1. The molecule has 0 amide bonds. The summed E-state index contributed by atoms with van der Waals surface area (Å²) in [6, 6.07) is 19.3. The van der Waals surface area contributed by atoms with Gasteiger partial charge in [0.25, 0.3) is 11.7 Å². The van der Waals surface area contributed by atoms with E-state index in [2.05, 4.69) is 84.8 Å². The van der Waals surface area contributed by atoms with Gasteiger partial charge in [0.1, 0.15) is 4.70 Å². The van der Waals surface area contributed by atoms with E-state index in [1.165, 1.54) is 27.4 Å². The molecule has 196 valence electrons. The Morgan fingerprint density at radius 3 is 2.61 bits per heavy atom. The number of hydrogen-bond acceptors (Lipinski definition) is 5. The summed E-state index contributed by atoms with van der Waals surface area (Å²) < 4.78 is 3.09. The van der Waals surface area contributed by atoms with E-state index in [-0.39, 0.29) is 18.8 Å². The van der Waals surface area contributed by atoms with Crippen LogP contribution in [0.25, 0.3) is 26.7 Å². The topological polar surface area (TPSA) is 47.6 Å². The molecule has 0 unspecified atom stereocenters. The summed E-state index contributed by atoms with van der Waals surface area (Å²) in [5.41, 5.74) is 6.12. The van der Waals surface area contributed by atoms with Gasteiger partial charge < -0.3 is 15.1 Å². The van der Waals surface area contributed by atoms with Crippen LogP contribution in [0.2, 0.25) is 0 Å². The van der Waals surface area contributed by atoms with Gasteiger partial charge in [-0.15, -0.1) is 11.3 Å². The van der Waals surface area contributed by atoms with Crippen LogP contribution in [0.3, 0.4) is 0 Å². The van der Waals surface area contributed by atoms with Crippen molar-refractivity contribution in [1.29, 1.82) is 0 Å². The molecule has 5 rings (SSSR count). The van der Waals surface area contributed by atoms with E-state index in [1.807, 2.05) is 28.8 Å². The summed E-state index contributed by atoms with van der Waals surface area (Å²) in [7, 11) is 0. The molecule has 1 aliphatic rings. The van der Waals surface area contributed by atoms with Gasteiger partial charge in [0.05, 0.1) is 0 Å². The van der Waals surface area contributed by atoms with Crippen LogP contribution in [0, 0.1) is 0 Å². The third-order valence-corrected chi connectivity index (χ3v) is 9.28. The first-order valence-electron chi connectivity index (χ1n) is 13.2. The van der Waals surface area contributed by atoms with Crippen molar-refractivity contribution in [2.75, 3.05) is 18.1 Å². The van der Waals surface area contributed by atoms with Crippen LogP contribution in [0.15, 0.2) is 90.0 Å². The highest BCUT2D eigenvalue weighted by Gasteiger charge is 2.39. The van der Waals surface area contributed by atoms with Crippen LogP contribution in [-0.4, -0.2) is 23.4 Å². The number of para-hydroxylation sites is 1. The number of hydrogen-bond donors (Lipinski definition) is 2. The molecule has 0 bridgehead atoms. The molecule has 2 N–H and O–H groups in total. The van der Waals surface area contributed by atoms with E-state index in [1.54, 1.807) is 22.7 Å². The lowest BCUT2D eigenvalue weighted by atomic mass is 9.83. The Morgan fingerprint density at radius 2 is 1.82 bits per heavy atom. The Labute approximate surface area is 233 Å².